The zero-order valence-electron chi connectivity index (χ0n) is 16.0. The first kappa shape index (κ1) is 19.6. The summed E-state index contributed by atoms with van der Waals surface area (Å²) in [7, 11) is 0. The van der Waals surface area contributed by atoms with Crippen molar-refractivity contribution in [1.82, 2.24) is 14.9 Å². The van der Waals surface area contributed by atoms with Crippen LogP contribution in [0.1, 0.15) is 55.0 Å². The van der Waals surface area contributed by atoms with Crippen LogP contribution in [0.25, 0.3) is 5.70 Å². The average molecular weight is 390 g/mol. The van der Waals surface area contributed by atoms with E-state index in [1.165, 1.54) is 5.70 Å². The van der Waals surface area contributed by atoms with E-state index in [9.17, 15) is 4.39 Å². The molecule has 0 aromatic carbocycles. The fourth-order valence-electron chi connectivity index (χ4n) is 3.40. The van der Waals surface area contributed by atoms with Crippen molar-refractivity contribution in [3.8, 4) is 5.88 Å². The Morgan fingerprint density at radius 1 is 1.41 bits per heavy atom. The lowest BCUT2D eigenvalue weighted by Gasteiger charge is -2.29. The number of halogens is 2. The fourth-order valence-corrected chi connectivity index (χ4v) is 3.62. The number of allylic oxidation sites excluding steroid dienone is 1. The third-order valence-electron chi connectivity index (χ3n) is 4.86. The highest BCUT2D eigenvalue weighted by Gasteiger charge is 2.30. The molecule has 0 aliphatic carbocycles. The van der Waals surface area contributed by atoms with Crippen LogP contribution in [0.5, 0.6) is 5.88 Å². The molecule has 0 radical (unpaired) electrons. The first-order chi connectivity index (χ1) is 13.1. The molecule has 6 heteroatoms. The maximum absolute atomic E-state index is 12.3. The molecule has 3 heterocycles. The van der Waals surface area contributed by atoms with Crippen molar-refractivity contribution < 1.29 is 9.13 Å². The molecule has 1 unspecified atom stereocenters. The normalized spacial score (nSPS) is 15.9. The summed E-state index contributed by atoms with van der Waals surface area (Å²) >= 11 is 6.36. The third kappa shape index (κ3) is 4.08. The van der Waals surface area contributed by atoms with E-state index >= 15 is 0 Å². The molecule has 27 heavy (non-hydrogen) atoms. The number of aromatic nitrogens is 2. The van der Waals surface area contributed by atoms with Gasteiger partial charge >= 0.3 is 0 Å². The summed E-state index contributed by atoms with van der Waals surface area (Å²) in [4.78, 5) is 11.0. The Balaban J connectivity index is 1.90. The summed E-state index contributed by atoms with van der Waals surface area (Å²) in [6, 6.07) is 4.20. The second kappa shape index (κ2) is 8.70. The molecule has 0 saturated carbocycles. The molecule has 1 atom stereocenters. The van der Waals surface area contributed by atoms with Gasteiger partial charge in [0.1, 0.15) is 18.4 Å². The lowest BCUT2D eigenvalue weighted by Crippen LogP contribution is -2.20. The van der Waals surface area contributed by atoms with E-state index in [1.807, 2.05) is 19.2 Å². The van der Waals surface area contributed by atoms with E-state index in [-0.39, 0.29) is 12.6 Å². The van der Waals surface area contributed by atoms with Crippen LogP contribution in [0.4, 0.5) is 4.39 Å². The molecule has 2 aromatic rings. The molecule has 0 amide bonds. The van der Waals surface area contributed by atoms with Crippen LogP contribution in [-0.4, -0.2) is 28.1 Å². The van der Waals surface area contributed by atoms with Gasteiger partial charge in [-0.3, -0.25) is 0 Å². The molecule has 0 N–H and O–H groups in total. The molecule has 3 rings (SSSR count). The monoisotopic (exact) mass is 389 g/mol. The van der Waals surface area contributed by atoms with E-state index < -0.39 is 6.67 Å². The van der Waals surface area contributed by atoms with E-state index in [0.29, 0.717) is 11.0 Å². The van der Waals surface area contributed by atoms with Gasteiger partial charge in [-0.25, -0.2) is 14.4 Å². The number of rotatable bonds is 7. The summed E-state index contributed by atoms with van der Waals surface area (Å²) in [6.07, 6.45) is 7.94. The van der Waals surface area contributed by atoms with Crippen molar-refractivity contribution in [3.05, 3.63) is 58.0 Å². The molecule has 1 aliphatic rings. The Morgan fingerprint density at radius 3 is 2.93 bits per heavy atom. The van der Waals surface area contributed by atoms with Gasteiger partial charge < -0.3 is 9.64 Å². The highest BCUT2D eigenvalue weighted by Crippen LogP contribution is 2.41. The van der Waals surface area contributed by atoms with Crippen molar-refractivity contribution >= 4 is 17.3 Å². The second-order valence-electron chi connectivity index (χ2n) is 6.74. The number of fused-ring (bicyclic) bond motifs is 1. The molecule has 0 fully saturated rings. The predicted molar refractivity (Wildman–Crippen MR) is 107 cm³/mol. The smallest absolute Gasteiger partial charge is 0.216 e. The lowest BCUT2D eigenvalue weighted by atomic mass is 10.1. The number of unbranched alkanes of at least 4 members (excludes halogenated alkanes) is 1. The van der Waals surface area contributed by atoms with Crippen molar-refractivity contribution in [2.45, 2.75) is 46.2 Å². The standard InChI is InChI=1S/C21H25ClFN3O/c1-4-5-6-19-17-7-9-24-20(22)18(17)13-26(19)15(3)16-11-14(2)21(25-12-16)27-10-8-23/h6-7,9,11-12,15H,4-5,8,10,13H2,1-3H3/b19-6+. The number of ether oxygens (including phenoxy) is 1. The Bertz CT molecular complexity index is 840. The molecule has 0 spiro atoms. The van der Waals surface area contributed by atoms with Crippen LogP contribution in [0, 0.1) is 6.92 Å². The zero-order valence-corrected chi connectivity index (χ0v) is 16.8. The van der Waals surface area contributed by atoms with E-state index in [1.54, 1.807) is 6.20 Å². The van der Waals surface area contributed by atoms with Gasteiger partial charge in [-0.2, -0.15) is 0 Å². The van der Waals surface area contributed by atoms with Crippen molar-refractivity contribution in [2.24, 2.45) is 0 Å². The molecule has 2 aromatic heterocycles. The first-order valence-corrected chi connectivity index (χ1v) is 9.70. The first-order valence-electron chi connectivity index (χ1n) is 9.32. The van der Waals surface area contributed by atoms with Gasteiger partial charge in [0.05, 0.1) is 6.04 Å². The van der Waals surface area contributed by atoms with Crippen LogP contribution in [0.2, 0.25) is 5.15 Å². The minimum Gasteiger partial charge on any atom is -0.475 e. The number of alkyl halides is 1. The zero-order chi connectivity index (χ0) is 19.4. The minimum atomic E-state index is -0.522. The molecule has 1 aliphatic heterocycles. The third-order valence-corrected chi connectivity index (χ3v) is 5.19. The van der Waals surface area contributed by atoms with Crippen molar-refractivity contribution in [2.75, 3.05) is 13.3 Å². The van der Waals surface area contributed by atoms with Crippen molar-refractivity contribution in [3.63, 3.8) is 0 Å². The van der Waals surface area contributed by atoms with Gasteiger partial charge in [-0.1, -0.05) is 31.0 Å². The number of pyridine rings is 2. The quantitative estimate of drug-likeness (QED) is 0.585. The van der Waals surface area contributed by atoms with Crippen LogP contribution in [0.15, 0.2) is 30.6 Å². The van der Waals surface area contributed by atoms with Gasteiger partial charge in [0, 0.05) is 41.3 Å². The predicted octanol–water partition coefficient (Wildman–Crippen LogP) is 5.50. The summed E-state index contributed by atoms with van der Waals surface area (Å²) in [5.74, 6) is 0.488. The van der Waals surface area contributed by atoms with Crippen LogP contribution in [-0.2, 0) is 6.54 Å². The molecule has 144 valence electrons. The van der Waals surface area contributed by atoms with Gasteiger partial charge in [0.15, 0.2) is 0 Å². The number of aryl methyl sites for hydroxylation is 1. The largest absolute Gasteiger partial charge is 0.475 e. The maximum Gasteiger partial charge on any atom is 0.216 e. The summed E-state index contributed by atoms with van der Waals surface area (Å²) in [5.41, 5.74) is 5.41. The van der Waals surface area contributed by atoms with Gasteiger partial charge in [-0.05, 0) is 38.0 Å². The highest BCUT2D eigenvalue weighted by molar-refractivity contribution is 6.30. The second-order valence-corrected chi connectivity index (χ2v) is 7.10. The summed E-state index contributed by atoms with van der Waals surface area (Å²) in [5, 5.41) is 0.564. The number of nitrogens with zero attached hydrogens (tertiary/aromatic N) is 3. The molecule has 0 saturated heterocycles. The van der Waals surface area contributed by atoms with E-state index in [4.69, 9.17) is 16.3 Å². The Hall–Kier alpha value is -2.14. The van der Waals surface area contributed by atoms with Crippen LogP contribution in [0.3, 0.4) is 0 Å². The summed E-state index contributed by atoms with van der Waals surface area (Å²) < 4.78 is 17.7. The summed E-state index contributed by atoms with van der Waals surface area (Å²) in [6.45, 7) is 6.49. The minimum absolute atomic E-state index is 0.0274. The fraction of sp³-hybridized carbons (Fsp3) is 0.429. The molecular weight excluding hydrogens is 365 g/mol. The lowest BCUT2D eigenvalue weighted by molar-refractivity contribution is 0.262. The van der Waals surface area contributed by atoms with Crippen LogP contribution >= 0.6 is 11.6 Å². The number of hydrogen-bond donors (Lipinski definition) is 0. The molecular formula is C21H25ClFN3O. The Morgan fingerprint density at radius 2 is 2.22 bits per heavy atom. The SMILES string of the molecule is CCC/C=C1\c2ccnc(Cl)c2CN1C(C)c1cnc(OCCF)c(C)c1. The Labute approximate surface area is 165 Å². The van der Waals surface area contributed by atoms with Gasteiger partial charge in [0.2, 0.25) is 5.88 Å². The van der Waals surface area contributed by atoms with Gasteiger partial charge in [0.25, 0.3) is 0 Å². The van der Waals surface area contributed by atoms with E-state index in [2.05, 4.69) is 40.9 Å². The Kier molecular flexibility index (Phi) is 6.32. The van der Waals surface area contributed by atoms with Crippen LogP contribution < -0.4 is 4.74 Å². The number of hydrogen-bond acceptors (Lipinski definition) is 4. The topological polar surface area (TPSA) is 38.2 Å². The molecule has 4 nitrogen and oxygen atoms in total. The van der Waals surface area contributed by atoms with E-state index in [0.717, 1.165) is 41.6 Å². The highest BCUT2D eigenvalue weighted by atomic mass is 35.5. The van der Waals surface area contributed by atoms with Gasteiger partial charge in [-0.15, -0.1) is 0 Å². The maximum atomic E-state index is 12.3. The average Bonchev–Trinajstić information content (AvgIpc) is 3.04. The van der Waals surface area contributed by atoms with Crippen molar-refractivity contribution in [1.29, 1.82) is 0 Å². The molecule has 0 bridgehead atoms.